The van der Waals surface area contributed by atoms with Gasteiger partial charge in [0.05, 0.1) is 11.7 Å². The summed E-state index contributed by atoms with van der Waals surface area (Å²) >= 11 is 0. The smallest absolute Gasteiger partial charge is 0.133 e. The first-order valence-electron chi connectivity index (χ1n) is 7.29. The molecule has 19 heavy (non-hydrogen) atoms. The molecule has 1 atom stereocenters. The zero-order valence-electron chi connectivity index (χ0n) is 12.3. The van der Waals surface area contributed by atoms with E-state index in [-0.39, 0.29) is 6.54 Å². The zero-order chi connectivity index (χ0) is 14.1. The molecule has 4 heteroatoms. The summed E-state index contributed by atoms with van der Waals surface area (Å²) in [6, 6.07) is 2.45. The van der Waals surface area contributed by atoms with Crippen molar-refractivity contribution in [3.63, 3.8) is 0 Å². The SMILES string of the molecule is CC(C)(C)C(F)(CN)Cc1ccn(C2CCCC2)n1. The van der Waals surface area contributed by atoms with Crippen molar-refractivity contribution in [1.29, 1.82) is 0 Å². The predicted molar refractivity (Wildman–Crippen MR) is 75.8 cm³/mol. The maximum absolute atomic E-state index is 14.9. The van der Waals surface area contributed by atoms with Crippen LogP contribution in [-0.4, -0.2) is 22.0 Å². The van der Waals surface area contributed by atoms with Gasteiger partial charge in [0.2, 0.25) is 0 Å². The molecule has 3 nitrogen and oxygen atoms in total. The summed E-state index contributed by atoms with van der Waals surface area (Å²) in [7, 11) is 0. The lowest BCUT2D eigenvalue weighted by Gasteiger charge is -2.36. The van der Waals surface area contributed by atoms with Crippen LogP contribution in [0.4, 0.5) is 4.39 Å². The van der Waals surface area contributed by atoms with Gasteiger partial charge in [0.15, 0.2) is 0 Å². The molecule has 2 rings (SSSR count). The van der Waals surface area contributed by atoms with E-state index in [1.807, 2.05) is 37.7 Å². The van der Waals surface area contributed by atoms with Crippen LogP contribution in [0.2, 0.25) is 0 Å². The number of nitrogens with two attached hydrogens (primary N) is 1. The lowest BCUT2D eigenvalue weighted by Crippen LogP contribution is -2.47. The minimum absolute atomic E-state index is 0.0345. The molecular formula is C15H26FN3. The van der Waals surface area contributed by atoms with E-state index in [0.717, 1.165) is 5.69 Å². The van der Waals surface area contributed by atoms with E-state index in [2.05, 4.69) is 5.10 Å². The number of hydrogen-bond acceptors (Lipinski definition) is 2. The first-order chi connectivity index (χ1) is 8.86. The van der Waals surface area contributed by atoms with Crippen LogP contribution in [0, 0.1) is 5.41 Å². The van der Waals surface area contributed by atoms with Gasteiger partial charge < -0.3 is 5.73 Å². The molecule has 0 aliphatic heterocycles. The Bertz CT molecular complexity index is 415. The van der Waals surface area contributed by atoms with Gasteiger partial charge in [-0.3, -0.25) is 4.68 Å². The number of nitrogens with zero attached hydrogens (tertiary/aromatic N) is 2. The van der Waals surface area contributed by atoms with Crippen molar-refractivity contribution in [3.8, 4) is 0 Å². The van der Waals surface area contributed by atoms with Crippen LogP contribution in [0.3, 0.4) is 0 Å². The molecule has 1 aliphatic rings. The molecule has 0 bridgehead atoms. The maximum Gasteiger partial charge on any atom is 0.133 e. The van der Waals surface area contributed by atoms with Crippen LogP contribution in [0.5, 0.6) is 0 Å². The summed E-state index contributed by atoms with van der Waals surface area (Å²) in [6.45, 7) is 5.72. The zero-order valence-corrected chi connectivity index (χ0v) is 12.3. The molecule has 1 aromatic heterocycles. The van der Waals surface area contributed by atoms with Crippen molar-refractivity contribution < 1.29 is 4.39 Å². The van der Waals surface area contributed by atoms with Crippen LogP contribution in [0.25, 0.3) is 0 Å². The van der Waals surface area contributed by atoms with Crippen LogP contribution >= 0.6 is 0 Å². The Labute approximate surface area is 115 Å². The van der Waals surface area contributed by atoms with Crippen LogP contribution in [0.15, 0.2) is 12.3 Å². The largest absolute Gasteiger partial charge is 0.327 e. The van der Waals surface area contributed by atoms with E-state index in [0.29, 0.717) is 12.5 Å². The van der Waals surface area contributed by atoms with Crippen LogP contribution in [-0.2, 0) is 6.42 Å². The van der Waals surface area contributed by atoms with Gasteiger partial charge in [0.25, 0.3) is 0 Å². The van der Waals surface area contributed by atoms with Gasteiger partial charge in [-0.15, -0.1) is 0 Å². The molecule has 1 unspecified atom stereocenters. The Morgan fingerprint density at radius 2 is 2.00 bits per heavy atom. The van der Waals surface area contributed by atoms with Crippen molar-refractivity contribution in [2.45, 2.75) is 64.6 Å². The van der Waals surface area contributed by atoms with Crippen molar-refractivity contribution in [2.24, 2.45) is 11.1 Å². The van der Waals surface area contributed by atoms with Gasteiger partial charge in [0.1, 0.15) is 5.67 Å². The molecule has 0 amide bonds. The minimum Gasteiger partial charge on any atom is -0.327 e. The topological polar surface area (TPSA) is 43.8 Å². The normalized spacial score (nSPS) is 20.7. The highest BCUT2D eigenvalue weighted by molar-refractivity contribution is 5.08. The van der Waals surface area contributed by atoms with Crippen LogP contribution < -0.4 is 5.73 Å². The third kappa shape index (κ3) is 2.99. The Balaban J connectivity index is 2.10. The van der Waals surface area contributed by atoms with E-state index in [9.17, 15) is 4.39 Å². The molecule has 1 heterocycles. The Morgan fingerprint density at radius 1 is 1.37 bits per heavy atom. The quantitative estimate of drug-likeness (QED) is 0.910. The summed E-state index contributed by atoms with van der Waals surface area (Å²) < 4.78 is 16.9. The summed E-state index contributed by atoms with van der Waals surface area (Å²) in [5.74, 6) is 0. The monoisotopic (exact) mass is 267 g/mol. The molecule has 0 spiro atoms. The number of alkyl halides is 1. The Hall–Kier alpha value is -0.900. The molecule has 108 valence electrons. The lowest BCUT2D eigenvalue weighted by atomic mass is 9.75. The van der Waals surface area contributed by atoms with Crippen LogP contribution in [0.1, 0.15) is 58.2 Å². The number of hydrogen-bond donors (Lipinski definition) is 1. The van der Waals surface area contributed by atoms with E-state index >= 15 is 0 Å². The summed E-state index contributed by atoms with van der Waals surface area (Å²) in [5.41, 5.74) is 4.60. The molecule has 0 saturated heterocycles. The van der Waals surface area contributed by atoms with Gasteiger partial charge >= 0.3 is 0 Å². The minimum atomic E-state index is -1.40. The van der Waals surface area contributed by atoms with Crippen molar-refractivity contribution in [1.82, 2.24) is 9.78 Å². The molecule has 0 aromatic carbocycles. The summed E-state index contributed by atoms with van der Waals surface area (Å²) in [4.78, 5) is 0. The number of aromatic nitrogens is 2. The van der Waals surface area contributed by atoms with E-state index < -0.39 is 11.1 Å². The third-order valence-electron chi connectivity index (χ3n) is 4.49. The Kier molecular flexibility index (Phi) is 4.00. The molecule has 0 radical (unpaired) electrons. The number of halogens is 1. The Morgan fingerprint density at radius 3 is 2.53 bits per heavy atom. The predicted octanol–water partition coefficient (Wildman–Crippen LogP) is 3.25. The van der Waals surface area contributed by atoms with Gasteiger partial charge in [-0.25, -0.2) is 4.39 Å². The summed E-state index contributed by atoms with van der Waals surface area (Å²) in [6.07, 6.45) is 7.23. The molecule has 1 fully saturated rings. The third-order valence-corrected chi connectivity index (χ3v) is 4.49. The fourth-order valence-corrected chi connectivity index (χ4v) is 2.77. The van der Waals surface area contributed by atoms with Crippen molar-refractivity contribution >= 4 is 0 Å². The molecule has 1 aliphatic carbocycles. The second-order valence-electron chi connectivity index (χ2n) is 6.82. The number of rotatable bonds is 4. The van der Waals surface area contributed by atoms with E-state index in [1.54, 1.807) is 0 Å². The lowest BCUT2D eigenvalue weighted by molar-refractivity contribution is 0.0371. The average Bonchev–Trinajstić information content (AvgIpc) is 2.96. The molecule has 2 N–H and O–H groups in total. The average molecular weight is 267 g/mol. The standard InChI is InChI=1S/C15H26FN3/c1-14(2,3)15(16,11-17)10-12-8-9-19(18-12)13-6-4-5-7-13/h8-9,13H,4-7,10-11,17H2,1-3H3. The molecule has 1 saturated carbocycles. The van der Waals surface area contributed by atoms with Gasteiger partial charge in [-0.2, -0.15) is 5.10 Å². The second kappa shape index (κ2) is 5.23. The first-order valence-corrected chi connectivity index (χ1v) is 7.29. The highest BCUT2D eigenvalue weighted by Crippen LogP contribution is 2.36. The maximum atomic E-state index is 14.9. The van der Waals surface area contributed by atoms with Gasteiger partial charge in [-0.1, -0.05) is 33.6 Å². The van der Waals surface area contributed by atoms with Crippen molar-refractivity contribution in [3.05, 3.63) is 18.0 Å². The fraction of sp³-hybridized carbons (Fsp3) is 0.800. The fourth-order valence-electron chi connectivity index (χ4n) is 2.77. The van der Waals surface area contributed by atoms with Gasteiger partial charge in [0, 0.05) is 19.2 Å². The van der Waals surface area contributed by atoms with E-state index in [4.69, 9.17) is 5.73 Å². The summed E-state index contributed by atoms with van der Waals surface area (Å²) in [5, 5.41) is 4.56. The van der Waals surface area contributed by atoms with Gasteiger partial charge in [-0.05, 0) is 24.3 Å². The van der Waals surface area contributed by atoms with Crippen molar-refractivity contribution in [2.75, 3.05) is 6.54 Å². The highest BCUT2D eigenvalue weighted by atomic mass is 19.1. The highest BCUT2D eigenvalue weighted by Gasteiger charge is 2.41. The van der Waals surface area contributed by atoms with E-state index in [1.165, 1.54) is 25.7 Å². The first kappa shape index (κ1) is 14.5. The molecule has 1 aromatic rings. The molecular weight excluding hydrogens is 241 g/mol. The second-order valence-corrected chi connectivity index (χ2v) is 6.82.